The molecule has 0 aliphatic rings. The Balaban J connectivity index is 0.00000803. The number of pyridine rings is 1. The Hall–Kier alpha value is -6.35. The number of hydrogen-bond acceptors (Lipinski definition) is 3. The molecule has 2 aromatic heterocycles. The van der Waals surface area contributed by atoms with Gasteiger partial charge in [0.2, 0.25) is 0 Å². The maximum Gasteiger partial charge on any atom is 0.148 e. The predicted octanol–water partition coefficient (Wildman–Crippen LogP) is 16.1. The fourth-order valence-corrected chi connectivity index (χ4v) is 8.43. The third-order valence-electron chi connectivity index (χ3n) is 12.0. The predicted molar refractivity (Wildman–Crippen MR) is 273 cm³/mol. The number of aromatic hydroxyl groups is 1. The Kier molecular flexibility index (Phi) is 8.94. The van der Waals surface area contributed by atoms with Gasteiger partial charge in [0.25, 0.3) is 0 Å². The summed E-state index contributed by atoms with van der Waals surface area (Å²) in [6, 6.07) is 51.3. The van der Waals surface area contributed by atoms with E-state index in [4.69, 9.17) is 26.4 Å². The van der Waals surface area contributed by atoms with E-state index in [1.807, 2.05) is 126 Å². The second kappa shape index (κ2) is 17.8. The minimum absolute atomic E-state index is 0. The molecular formula is C61H58N3OPt-. The average molecular weight is 1060 g/mol. The standard InChI is InChI=1S/C61H58N3O.Pt/c1-39-32-49(28-29-50(39)42-20-15-12-16-21-42)64-55-23-17-22-51(56(55)63-58(64)52-37-48(60(5,6)7)38-53(57(52)65)61(8,9)10)45-33-44(40-18-13-11-14-19-40)34-46(35-45)54-36-43(30-31-62-54)41-24-26-47(27-25-41)59(2,3)4;/h11-34,36-38,65H,1-10H3;/q-1;/i1D3,2D3,3D3,4D3;. The summed E-state index contributed by atoms with van der Waals surface area (Å²) in [5, 5.41) is 12.5. The number of aromatic nitrogens is 3. The molecule has 0 amide bonds. The van der Waals surface area contributed by atoms with Crippen molar-refractivity contribution < 1.29 is 42.6 Å². The largest absolute Gasteiger partial charge is 0.507 e. The summed E-state index contributed by atoms with van der Waals surface area (Å²) >= 11 is 0. The van der Waals surface area contributed by atoms with Crippen molar-refractivity contribution in [1.82, 2.24) is 14.5 Å². The molecule has 4 nitrogen and oxygen atoms in total. The molecule has 0 atom stereocenters. The minimum atomic E-state index is -3.40. The third kappa shape index (κ3) is 9.09. The number of fused-ring (bicyclic) bond motifs is 1. The summed E-state index contributed by atoms with van der Waals surface area (Å²) in [5.41, 5.74) is 6.49. The van der Waals surface area contributed by atoms with Crippen molar-refractivity contribution in [3.05, 3.63) is 192 Å². The molecule has 9 aromatic rings. The van der Waals surface area contributed by atoms with Gasteiger partial charge in [-0.05, 0) is 97.9 Å². The zero-order valence-corrected chi connectivity index (χ0v) is 40.0. The monoisotopic (exact) mass is 1060 g/mol. The van der Waals surface area contributed by atoms with Crippen LogP contribution in [0.2, 0.25) is 0 Å². The van der Waals surface area contributed by atoms with Crippen LogP contribution in [0.5, 0.6) is 5.75 Å². The zero-order valence-electron chi connectivity index (χ0n) is 49.7. The maximum absolute atomic E-state index is 12.5. The summed E-state index contributed by atoms with van der Waals surface area (Å²) in [4.78, 5) is 10.3. The number of phenols is 1. The van der Waals surface area contributed by atoms with Crippen LogP contribution >= 0.6 is 0 Å². The minimum Gasteiger partial charge on any atom is -0.507 e. The van der Waals surface area contributed by atoms with Gasteiger partial charge < -0.3 is 5.11 Å². The fraction of sp³-hybridized carbons (Fsp3) is 0.213. The van der Waals surface area contributed by atoms with Crippen molar-refractivity contribution in [3.63, 3.8) is 0 Å². The van der Waals surface area contributed by atoms with Crippen LogP contribution in [0.15, 0.2) is 164 Å². The summed E-state index contributed by atoms with van der Waals surface area (Å²) in [6.45, 7) is -0.194. The number of rotatable bonds is 7. The quantitative estimate of drug-likeness (QED) is 0.162. The van der Waals surface area contributed by atoms with E-state index in [-0.39, 0.29) is 43.4 Å². The molecule has 1 N–H and O–H groups in total. The van der Waals surface area contributed by atoms with Crippen molar-refractivity contribution >= 4 is 11.0 Å². The van der Waals surface area contributed by atoms with Gasteiger partial charge in [0, 0.05) is 60.7 Å². The maximum atomic E-state index is 12.5. The van der Waals surface area contributed by atoms with Crippen LogP contribution < -0.4 is 0 Å². The molecule has 0 radical (unpaired) electrons. The van der Waals surface area contributed by atoms with Crippen molar-refractivity contribution in [3.8, 4) is 78.6 Å². The molecule has 2 heterocycles. The normalized spacial score (nSPS) is 15.5. The van der Waals surface area contributed by atoms with Crippen molar-refractivity contribution in [2.24, 2.45) is 0 Å². The van der Waals surface area contributed by atoms with Crippen molar-refractivity contribution in [2.45, 2.75) is 85.2 Å². The van der Waals surface area contributed by atoms with Crippen LogP contribution in [0.4, 0.5) is 0 Å². The van der Waals surface area contributed by atoms with E-state index in [9.17, 15) is 5.11 Å². The van der Waals surface area contributed by atoms with E-state index in [2.05, 4.69) is 47.6 Å². The van der Waals surface area contributed by atoms with Crippen LogP contribution in [0.1, 0.15) is 101 Å². The van der Waals surface area contributed by atoms with Gasteiger partial charge in [-0.15, -0.1) is 23.8 Å². The first-order valence-corrected chi connectivity index (χ1v) is 21.7. The third-order valence-corrected chi connectivity index (χ3v) is 12.0. The van der Waals surface area contributed by atoms with Gasteiger partial charge >= 0.3 is 0 Å². The molecule has 66 heavy (non-hydrogen) atoms. The molecule has 0 aliphatic carbocycles. The van der Waals surface area contributed by atoms with Gasteiger partial charge in [0.1, 0.15) is 11.6 Å². The molecule has 5 heteroatoms. The Labute approximate surface area is 422 Å². The average Bonchev–Trinajstić information content (AvgIpc) is 3.93. The van der Waals surface area contributed by atoms with Gasteiger partial charge in [-0.25, -0.2) is 4.98 Å². The van der Waals surface area contributed by atoms with Crippen molar-refractivity contribution in [1.29, 1.82) is 0 Å². The van der Waals surface area contributed by atoms with Gasteiger partial charge in [-0.3, -0.25) is 9.55 Å². The number of imidazole rings is 1. The molecule has 334 valence electrons. The SMILES string of the molecule is [2H]C([2H])([2H])c1cc(-n2c(-c3cc(C(C)(C)C)cc(C(C)(C)C)c3O)nc3c(-c4[c-]c(-c5cc(-c6ccc(C(C([2H])([2H])[2H])(C([2H])([2H])[2H])C([2H])([2H])[2H])cc6)ccn5)cc(-c5ccccc5)c4)cccc32)ccc1-c1ccccc1.[Pt]. The summed E-state index contributed by atoms with van der Waals surface area (Å²) in [6.07, 6.45) is 1.62. The molecule has 0 aliphatic heterocycles. The summed E-state index contributed by atoms with van der Waals surface area (Å²) in [5.74, 6) is 0.464. The Morgan fingerprint density at radius 1 is 0.545 bits per heavy atom. The number of hydrogen-bond donors (Lipinski definition) is 1. The smallest absolute Gasteiger partial charge is 0.148 e. The molecule has 0 spiro atoms. The summed E-state index contributed by atoms with van der Waals surface area (Å²) in [7, 11) is 0. The van der Waals surface area contributed by atoms with Crippen LogP contribution in [-0.4, -0.2) is 19.6 Å². The van der Waals surface area contributed by atoms with Gasteiger partial charge in [-0.2, -0.15) is 0 Å². The number of aryl methyl sites for hydroxylation is 1. The van der Waals surface area contributed by atoms with Crippen LogP contribution in [0.3, 0.4) is 0 Å². The molecule has 0 bridgehead atoms. The van der Waals surface area contributed by atoms with E-state index < -0.39 is 38.2 Å². The van der Waals surface area contributed by atoms with E-state index in [0.29, 0.717) is 67.2 Å². The van der Waals surface area contributed by atoms with E-state index in [0.717, 1.165) is 27.8 Å². The second-order valence-corrected chi connectivity index (χ2v) is 18.8. The first-order chi connectivity index (χ1) is 35.9. The Morgan fingerprint density at radius 2 is 1.23 bits per heavy atom. The molecule has 0 fully saturated rings. The van der Waals surface area contributed by atoms with Gasteiger partial charge in [0.05, 0.1) is 16.6 Å². The topological polar surface area (TPSA) is 50.9 Å². The van der Waals surface area contributed by atoms with Crippen molar-refractivity contribution in [2.75, 3.05) is 0 Å². The fourth-order valence-electron chi connectivity index (χ4n) is 8.43. The number of benzene rings is 7. The van der Waals surface area contributed by atoms with E-state index in [1.165, 1.54) is 24.3 Å². The zero-order chi connectivity index (χ0) is 55.8. The summed E-state index contributed by atoms with van der Waals surface area (Å²) < 4.78 is 102. The van der Waals surface area contributed by atoms with Crippen LogP contribution in [0, 0.1) is 12.9 Å². The molecule has 0 saturated carbocycles. The van der Waals surface area contributed by atoms with Gasteiger partial charge in [0.15, 0.2) is 0 Å². The van der Waals surface area contributed by atoms with Crippen LogP contribution in [-0.2, 0) is 37.3 Å². The van der Waals surface area contributed by atoms with E-state index >= 15 is 0 Å². The molecule has 9 rings (SSSR count). The first-order valence-electron chi connectivity index (χ1n) is 27.7. The second-order valence-electron chi connectivity index (χ2n) is 18.8. The molecule has 0 saturated heterocycles. The van der Waals surface area contributed by atoms with Gasteiger partial charge in [-0.1, -0.05) is 194 Å². The molecule has 7 aromatic carbocycles. The number of nitrogens with zero attached hydrogens (tertiary/aromatic N) is 3. The Bertz CT molecular complexity index is 3630. The molecule has 0 unspecified atom stereocenters. The molecular weight excluding hydrogens is 986 g/mol. The number of para-hydroxylation sites is 1. The first kappa shape index (κ1) is 33.2. The Morgan fingerprint density at radius 3 is 1.89 bits per heavy atom. The number of phenolic OH excluding ortho intramolecular Hbond substituents is 1. The van der Waals surface area contributed by atoms with Crippen LogP contribution in [0.25, 0.3) is 83.9 Å². The van der Waals surface area contributed by atoms with E-state index in [1.54, 1.807) is 18.3 Å².